The summed E-state index contributed by atoms with van der Waals surface area (Å²) in [5.41, 5.74) is 5.20. The lowest BCUT2D eigenvalue weighted by Gasteiger charge is -2.10. The minimum absolute atomic E-state index is 0.0628. The second-order valence-corrected chi connectivity index (χ2v) is 6.69. The second-order valence-electron chi connectivity index (χ2n) is 6.25. The van der Waals surface area contributed by atoms with E-state index < -0.39 is 11.8 Å². The molecule has 0 aliphatic rings. The normalized spacial score (nSPS) is 11.0. The predicted octanol–water partition coefficient (Wildman–Crippen LogP) is 2.93. The van der Waals surface area contributed by atoms with Gasteiger partial charge in [-0.1, -0.05) is 48.9 Å². The Kier molecular flexibility index (Phi) is 6.41. The molecule has 7 nitrogen and oxygen atoms in total. The average Bonchev–Trinajstić information content (AvgIpc) is 2.73. The summed E-state index contributed by atoms with van der Waals surface area (Å²) in [5.74, 6) is -1.14. The first kappa shape index (κ1) is 20.3. The van der Waals surface area contributed by atoms with Gasteiger partial charge in [0.2, 0.25) is 0 Å². The molecule has 0 bridgehead atoms. The molecule has 0 atom stereocenters. The number of hydrogen-bond donors (Lipinski definition) is 2. The Morgan fingerprint density at radius 3 is 2.59 bits per heavy atom. The third-order valence-corrected chi connectivity index (χ3v) is 4.33. The zero-order valence-electron chi connectivity index (χ0n) is 15.7. The third kappa shape index (κ3) is 4.89. The highest BCUT2D eigenvalue weighted by molar-refractivity contribution is 6.30. The molecule has 3 rings (SSSR count). The number of rotatable bonds is 5. The molecule has 3 aromatic rings. The molecule has 0 spiro atoms. The lowest BCUT2D eigenvalue weighted by atomic mass is 10.1. The molecule has 2 N–H and O–H groups in total. The van der Waals surface area contributed by atoms with E-state index in [2.05, 4.69) is 16.0 Å². The zero-order valence-corrected chi connectivity index (χ0v) is 16.4. The monoisotopic (exact) mass is 410 g/mol. The van der Waals surface area contributed by atoms with E-state index in [9.17, 15) is 14.4 Å². The van der Waals surface area contributed by atoms with Crippen molar-refractivity contribution in [1.82, 2.24) is 20.6 Å². The van der Waals surface area contributed by atoms with Crippen molar-refractivity contribution in [3.8, 4) is 0 Å². The van der Waals surface area contributed by atoms with Crippen molar-refractivity contribution < 1.29 is 9.59 Å². The number of benzene rings is 2. The van der Waals surface area contributed by atoms with Gasteiger partial charge < -0.3 is 0 Å². The van der Waals surface area contributed by atoms with Crippen molar-refractivity contribution in [2.24, 2.45) is 0 Å². The molecule has 0 aliphatic heterocycles. The van der Waals surface area contributed by atoms with Gasteiger partial charge in [0.05, 0.1) is 5.39 Å². The summed E-state index contributed by atoms with van der Waals surface area (Å²) in [7, 11) is 0. The number of halogens is 1. The van der Waals surface area contributed by atoms with Crippen LogP contribution in [0.25, 0.3) is 16.8 Å². The van der Waals surface area contributed by atoms with Crippen molar-refractivity contribution in [2.75, 3.05) is 0 Å². The van der Waals surface area contributed by atoms with Crippen LogP contribution < -0.4 is 16.4 Å². The van der Waals surface area contributed by atoms with Crippen molar-refractivity contribution in [2.45, 2.75) is 19.9 Å². The Morgan fingerprint density at radius 1 is 1.10 bits per heavy atom. The number of fused-ring (bicyclic) bond motifs is 1. The fourth-order valence-corrected chi connectivity index (χ4v) is 2.97. The van der Waals surface area contributed by atoms with Gasteiger partial charge >= 0.3 is 0 Å². The van der Waals surface area contributed by atoms with Crippen LogP contribution in [0.15, 0.2) is 59.4 Å². The smallest absolute Gasteiger partial charge is 0.268 e. The first-order valence-electron chi connectivity index (χ1n) is 9.03. The van der Waals surface area contributed by atoms with E-state index in [1.807, 2.05) is 6.92 Å². The van der Waals surface area contributed by atoms with E-state index >= 15 is 0 Å². The lowest BCUT2D eigenvalue weighted by molar-refractivity contribution is -0.117. The zero-order chi connectivity index (χ0) is 20.8. The number of aryl methyl sites for hydroxylation is 1. The molecule has 1 aromatic heterocycles. The molecule has 2 aromatic carbocycles. The van der Waals surface area contributed by atoms with Crippen molar-refractivity contribution in [1.29, 1.82) is 0 Å². The predicted molar refractivity (Wildman–Crippen MR) is 112 cm³/mol. The maximum Gasteiger partial charge on any atom is 0.290 e. The van der Waals surface area contributed by atoms with Gasteiger partial charge in [0.15, 0.2) is 5.69 Å². The molecule has 0 aliphatic carbocycles. The second kappa shape index (κ2) is 9.16. The highest BCUT2D eigenvalue weighted by Gasteiger charge is 2.16. The Bertz CT molecular complexity index is 1150. The number of nitrogens with zero attached hydrogens (tertiary/aromatic N) is 2. The van der Waals surface area contributed by atoms with Crippen molar-refractivity contribution in [3.63, 3.8) is 0 Å². The molecule has 8 heteroatoms. The summed E-state index contributed by atoms with van der Waals surface area (Å²) in [6, 6.07) is 13.7. The molecule has 0 fully saturated rings. The fourth-order valence-electron chi connectivity index (χ4n) is 2.77. The van der Waals surface area contributed by atoms with E-state index in [0.29, 0.717) is 28.8 Å². The van der Waals surface area contributed by atoms with Crippen LogP contribution in [0.4, 0.5) is 0 Å². The molecule has 1 heterocycles. The minimum atomic E-state index is -0.615. The first-order chi connectivity index (χ1) is 14.0. The molecule has 0 unspecified atom stereocenters. The number of nitrogens with one attached hydrogen (secondary N) is 2. The quantitative estimate of drug-likeness (QED) is 0.499. The van der Waals surface area contributed by atoms with E-state index in [0.717, 1.165) is 5.56 Å². The van der Waals surface area contributed by atoms with Gasteiger partial charge in [-0.25, -0.2) is 4.68 Å². The Balaban J connectivity index is 1.77. The molecule has 0 saturated heterocycles. The molecule has 2 amide bonds. The van der Waals surface area contributed by atoms with Crippen LogP contribution in [-0.2, 0) is 11.3 Å². The summed E-state index contributed by atoms with van der Waals surface area (Å²) in [6.45, 7) is 2.30. The number of hydrazine groups is 1. The largest absolute Gasteiger partial charge is 0.290 e. The highest BCUT2D eigenvalue weighted by atomic mass is 35.5. The Hall–Kier alpha value is -3.45. The van der Waals surface area contributed by atoms with Gasteiger partial charge in [0, 0.05) is 23.0 Å². The average molecular weight is 411 g/mol. The summed E-state index contributed by atoms with van der Waals surface area (Å²) in [5, 5.41) is 5.55. The number of carbonyl (C=O) groups excluding carboxylic acids is 2. The van der Waals surface area contributed by atoms with E-state index in [4.69, 9.17) is 11.6 Å². The minimum Gasteiger partial charge on any atom is -0.268 e. The van der Waals surface area contributed by atoms with Crippen molar-refractivity contribution >= 4 is 40.3 Å². The molecule has 29 heavy (non-hydrogen) atoms. The first-order valence-corrected chi connectivity index (χ1v) is 9.41. The molecular formula is C21H19ClN4O3. The summed E-state index contributed by atoms with van der Waals surface area (Å²) >= 11 is 5.90. The Labute approximate surface area is 172 Å². The summed E-state index contributed by atoms with van der Waals surface area (Å²) in [4.78, 5) is 37.1. The van der Waals surface area contributed by atoms with Crippen LogP contribution in [0.1, 0.15) is 29.4 Å². The van der Waals surface area contributed by atoms with Crippen LogP contribution in [0.3, 0.4) is 0 Å². The maximum atomic E-state index is 12.6. The number of aromatic nitrogens is 2. The van der Waals surface area contributed by atoms with Gasteiger partial charge in [-0.15, -0.1) is 0 Å². The SMILES string of the molecule is CCCn1nc(C(=O)NNC(=O)/C=C/c2cccc(Cl)c2)c2ccccc2c1=O. The number of amides is 2. The molecule has 0 radical (unpaired) electrons. The van der Waals surface area contributed by atoms with E-state index in [1.165, 1.54) is 10.8 Å². The van der Waals surface area contributed by atoms with Gasteiger partial charge in [-0.3, -0.25) is 25.2 Å². The van der Waals surface area contributed by atoms with Crippen LogP contribution in [-0.4, -0.2) is 21.6 Å². The van der Waals surface area contributed by atoms with E-state index in [-0.39, 0.29) is 11.3 Å². The van der Waals surface area contributed by atoms with Gasteiger partial charge in [-0.05, 0) is 36.3 Å². The molecule has 0 saturated carbocycles. The van der Waals surface area contributed by atoms with Gasteiger partial charge in [-0.2, -0.15) is 5.10 Å². The third-order valence-electron chi connectivity index (χ3n) is 4.09. The topological polar surface area (TPSA) is 93.1 Å². The fraction of sp³-hybridized carbons (Fsp3) is 0.143. The Morgan fingerprint density at radius 2 is 1.86 bits per heavy atom. The van der Waals surface area contributed by atoms with E-state index in [1.54, 1.807) is 54.6 Å². The summed E-state index contributed by atoms with van der Waals surface area (Å²) in [6.07, 6.45) is 3.54. The van der Waals surface area contributed by atoms with Gasteiger partial charge in [0.1, 0.15) is 0 Å². The lowest BCUT2D eigenvalue weighted by Crippen LogP contribution is -2.42. The highest BCUT2D eigenvalue weighted by Crippen LogP contribution is 2.13. The maximum absolute atomic E-state index is 12.6. The van der Waals surface area contributed by atoms with Crippen LogP contribution in [0.2, 0.25) is 5.02 Å². The van der Waals surface area contributed by atoms with Gasteiger partial charge in [0.25, 0.3) is 17.4 Å². The summed E-state index contributed by atoms with van der Waals surface area (Å²) < 4.78 is 1.26. The number of carbonyl (C=O) groups is 2. The van der Waals surface area contributed by atoms with Crippen LogP contribution in [0, 0.1) is 0 Å². The van der Waals surface area contributed by atoms with Crippen LogP contribution >= 0.6 is 11.6 Å². The van der Waals surface area contributed by atoms with Crippen LogP contribution in [0.5, 0.6) is 0 Å². The standard InChI is InChI=1S/C21H19ClN4O3/c1-2-12-26-21(29)17-9-4-3-8-16(17)19(25-26)20(28)24-23-18(27)11-10-14-6-5-7-15(22)13-14/h3-11,13H,2,12H2,1H3,(H,23,27)(H,24,28)/b11-10+. The molecule has 148 valence electrons. The van der Waals surface area contributed by atoms with Crippen molar-refractivity contribution in [3.05, 3.63) is 81.2 Å². The molecular weight excluding hydrogens is 392 g/mol. The number of hydrogen-bond acceptors (Lipinski definition) is 4.